The fourth-order valence-electron chi connectivity index (χ4n) is 12.1. The average Bonchev–Trinajstić information content (AvgIpc) is 0.817. The Balaban J connectivity index is 2.99. The molecule has 0 radical (unpaired) electrons. The molecule has 12 atom stereocenters. The largest absolute Gasteiger partial charge is 0.465 e. The number of rotatable bonds is 19. The Morgan fingerprint density at radius 1 is 0.526 bits per heavy atom. The van der Waals surface area contributed by atoms with Crippen LogP contribution in [0.1, 0.15) is 178 Å². The lowest BCUT2D eigenvalue weighted by Gasteiger charge is -2.41. The molecule has 0 aliphatic carbocycles. The van der Waals surface area contributed by atoms with Crippen molar-refractivity contribution in [3.8, 4) is 0 Å². The molecule has 25 heteroatoms. The summed E-state index contributed by atoms with van der Waals surface area (Å²) in [5, 5.41) is 23.5. The second-order valence-electron chi connectivity index (χ2n) is 28.7. The first kappa shape index (κ1) is 83.9. The molecule has 1 aliphatic heterocycles. The molecule has 1 aromatic carbocycles. The third-order valence-corrected chi connectivity index (χ3v) is 18.1. The lowest BCUT2D eigenvalue weighted by molar-refractivity contribution is -0.157. The normalized spacial score (nSPS) is 25.1. The Morgan fingerprint density at radius 2 is 1.02 bits per heavy atom. The Bertz CT molecular complexity index is 2790. The zero-order chi connectivity index (χ0) is 73.0. The van der Waals surface area contributed by atoms with Gasteiger partial charge in [0.2, 0.25) is 65.0 Å². The molecular weight excluding hydrogens is 1220 g/mol. The highest BCUT2D eigenvalue weighted by atomic mass is 16.5. The molecule has 0 unspecified atom stereocenters. The van der Waals surface area contributed by atoms with Gasteiger partial charge in [0.15, 0.2) is 0 Å². The number of hydrogen-bond acceptors (Lipinski definition) is 14. The molecule has 95 heavy (non-hydrogen) atoms. The summed E-state index contributed by atoms with van der Waals surface area (Å²) in [6, 6.07) is -5.72. The van der Waals surface area contributed by atoms with Gasteiger partial charge in [-0.1, -0.05) is 109 Å². The number of nitrogens with one attached hydrogen (secondary N) is 4. The van der Waals surface area contributed by atoms with Gasteiger partial charge >= 0.3 is 5.97 Å². The Hall–Kier alpha value is -7.18. The topological polar surface area (TPSA) is 305 Å². The first-order chi connectivity index (χ1) is 44.1. The summed E-state index contributed by atoms with van der Waals surface area (Å²) in [6.45, 7) is 27.6. The van der Waals surface area contributed by atoms with E-state index in [1.165, 1.54) is 94.8 Å². The number of aliphatic hydroxyl groups excluding tert-OH is 1. The van der Waals surface area contributed by atoms with Crippen molar-refractivity contribution >= 4 is 70.9 Å². The first-order valence-corrected chi connectivity index (χ1v) is 34.0. The van der Waals surface area contributed by atoms with E-state index in [0.29, 0.717) is 31.2 Å². The van der Waals surface area contributed by atoms with Gasteiger partial charge in [-0.15, -0.1) is 0 Å². The van der Waals surface area contributed by atoms with Gasteiger partial charge in [0, 0.05) is 49.3 Å². The summed E-state index contributed by atoms with van der Waals surface area (Å²) in [6.07, 6.45) is 0.724. The van der Waals surface area contributed by atoms with Crippen LogP contribution in [0.3, 0.4) is 0 Å². The van der Waals surface area contributed by atoms with E-state index in [1.807, 2.05) is 61.5 Å². The van der Waals surface area contributed by atoms with E-state index in [2.05, 4.69) is 21.3 Å². The minimum Gasteiger partial charge on any atom is -0.465 e. The summed E-state index contributed by atoms with van der Waals surface area (Å²) >= 11 is 0. The lowest BCUT2D eigenvalue weighted by Crippen LogP contribution is -2.63. The van der Waals surface area contributed by atoms with Gasteiger partial charge in [0.05, 0.1) is 25.3 Å². The highest BCUT2D eigenvalue weighted by molar-refractivity contribution is 5.99. The monoisotopic (exact) mass is 1340 g/mol. The second kappa shape index (κ2) is 38.5. The maximum Gasteiger partial charge on any atom is 0.337 e. The maximum atomic E-state index is 15.4. The molecule has 11 amide bonds. The van der Waals surface area contributed by atoms with Gasteiger partial charge in [-0.3, -0.25) is 52.7 Å². The fourth-order valence-corrected chi connectivity index (χ4v) is 12.1. The van der Waals surface area contributed by atoms with Gasteiger partial charge < -0.3 is 65.4 Å². The van der Waals surface area contributed by atoms with Crippen LogP contribution < -0.4 is 21.3 Å². The minimum absolute atomic E-state index is 0.0125. The van der Waals surface area contributed by atoms with Crippen molar-refractivity contribution in [1.82, 2.24) is 55.6 Å². The molecule has 1 aliphatic rings. The highest BCUT2D eigenvalue weighted by Gasteiger charge is 2.46. The fraction of sp³-hybridized carbons (Fsp3) is 0.743. The molecule has 5 N–H and O–H groups in total. The van der Waals surface area contributed by atoms with Gasteiger partial charge in [0.1, 0.15) is 60.4 Å². The number of amides is 11. The number of esters is 1. The number of nitrogens with zero attached hydrogens (tertiary/aromatic N) is 7. The van der Waals surface area contributed by atoms with Crippen LogP contribution >= 0.6 is 0 Å². The van der Waals surface area contributed by atoms with Crippen LogP contribution in [0.2, 0.25) is 0 Å². The number of aryl methyl sites for hydroxylation is 1. The van der Waals surface area contributed by atoms with E-state index < -0.39 is 162 Å². The van der Waals surface area contributed by atoms with Crippen LogP contribution in [-0.4, -0.2) is 240 Å². The minimum atomic E-state index is -1.68. The van der Waals surface area contributed by atoms with Crippen molar-refractivity contribution in [2.24, 2.45) is 41.4 Å². The average molecular weight is 1340 g/mol. The number of aliphatic hydroxyl groups is 1. The van der Waals surface area contributed by atoms with Gasteiger partial charge in [-0.2, -0.15) is 0 Å². The Morgan fingerprint density at radius 3 is 1.53 bits per heavy atom. The number of carbonyl (C=O) groups is 12. The summed E-state index contributed by atoms with van der Waals surface area (Å²) in [4.78, 5) is 183. The summed E-state index contributed by atoms with van der Waals surface area (Å²) in [5.74, 6) is -10.4. The van der Waals surface area contributed by atoms with Crippen LogP contribution in [0.25, 0.3) is 0 Å². The van der Waals surface area contributed by atoms with E-state index in [-0.39, 0.29) is 55.8 Å². The van der Waals surface area contributed by atoms with E-state index in [9.17, 15) is 43.5 Å². The van der Waals surface area contributed by atoms with E-state index in [4.69, 9.17) is 4.74 Å². The van der Waals surface area contributed by atoms with Crippen molar-refractivity contribution in [1.29, 1.82) is 0 Å². The molecule has 25 nitrogen and oxygen atoms in total. The van der Waals surface area contributed by atoms with Crippen molar-refractivity contribution < 1.29 is 67.4 Å². The van der Waals surface area contributed by atoms with E-state index in [0.717, 1.165) is 15.4 Å². The smallest absolute Gasteiger partial charge is 0.337 e. The predicted molar refractivity (Wildman–Crippen MR) is 364 cm³/mol. The number of likely N-dealkylation sites (N-methyl/N-ethyl adjacent to an activating group) is 7. The third kappa shape index (κ3) is 23.9. The number of methoxy groups -OCH3 is 1. The van der Waals surface area contributed by atoms with Crippen molar-refractivity contribution in [2.75, 3.05) is 63.0 Å². The SMILES string of the molecule is CC[C@H]1NC(=O)[C@H]([C@H](O)[C@H](C)CCCc2cccc(C(=O)OC)c2)N(C)C(=O)[C@@H](C(C)C)N(C)C(=O)[C@@H](CC(C)C)N(C)C(=O)[C@H](CC(C)C)N(C)C(=O)[C@H](C)NC(=O)[C@@H](C)NC(=O)[C@@H](CCC(C)C)N(C)C(=O)[C@@H](C(C)C)NC(=O)[C@H](CC(C)C)N(C)C(=O)CN(C)C1=O. The summed E-state index contributed by atoms with van der Waals surface area (Å²) in [7, 11) is 11.2. The highest BCUT2D eigenvalue weighted by Crippen LogP contribution is 2.27. The van der Waals surface area contributed by atoms with Crippen molar-refractivity contribution in [3.63, 3.8) is 0 Å². The second-order valence-corrected chi connectivity index (χ2v) is 28.7. The van der Waals surface area contributed by atoms with E-state index >= 15 is 19.2 Å². The zero-order valence-corrected chi connectivity index (χ0v) is 61.7. The molecule has 1 heterocycles. The summed E-state index contributed by atoms with van der Waals surface area (Å²) < 4.78 is 4.91. The van der Waals surface area contributed by atoms with Crippen LogP contribution in [0.4, 0.5) is 0 Å². The standard InChI is InChI=1S/C70H119N11O14/c1-25-50-65(89)75(17)38-55(82)76(18)52(34-40(4)5)62(86)74-56(43(10)11)68(92)77(19)51(33-32-39(2)3)61(85)71-46(15)60(84)72-47(16)64(88)78(20)53(35-41(6)7)66(90)79(21)54(36-42(8)9)67(91)80(22)57(44(12)13)69(93)81(23)58(63(87)73-50)59(83)45(14)28-26-29-48-30-27-31-49(37-48)70(94)95-24/h27,30-31,37,39-47,50-54,56-59,83H,25-26,28-29,32-36,38H2,1-24H3,(H,71,85)(H,72,84)(H,73,87)(H,74,86)/t45-,46-,47+,50-,51-,52+,53+,54-,56-,57-,58+,59-/m1/s1. The van der Waals surface area contributed by atoms with E-state index in [1.54, 1.807) is 59.7 Å². The number of hydrogen-bond donors (Lipinski definition) is 5. The molecule has 0 spiro atoms. The van der Waals surface area contributed by atoms with Crippen molar-refractivity contribution in [3.05, 3.63) is 35.4 Å². The maximum absolute atomic E-state index is 15.4. The number of benzene rings is 1. The molecule has 1 fully saturated rings. The van der Waals surface area contributed by atoms with Crippen LogP contribution in [0.5, 0.6) is 0 Å². The molecule has 0 aromatic heterocycles. The predicted octanol–water partition coefficient (Wildman–Crippen LogP) is 4.50. The molecule has 1 aromatic rings. The van der Waals surface area contributed by atoms with Gasteiger partial charge in [-0.05, 0) is 131 Å². The quantitative estimate of drug-likeness (QED) is 0.119. The van der Waals surface area contributed by atoms with Crippen LogP contribution in [0.15, 0.2) is 24.3 Å². The molecule has 2 rings (SSSR count). The Kier molecular flexibility index (Phi) is 34.0. The van der Waals surface area contributed by atoms with Crippen LogP contribution in [-0.2, 0) is 63.9 Å². The first-order valence-electron chi connectivity index (χ1n) is 34.0. The molecule has 0 bridgehead atoms. The zero-order valence-electron chi connectivity index (χ0n) is 61.7. The molecule has 1 saturated heterocycles. The summed E-state index contributed by atoms with van der Waals surface area (Å²) in [5.41, 5.74) is 1.18. The molecule has 0 saturated carbocycles. The third-order valence-electron chi connectivity index (χ3n) is 18.1. The number of carbonyl (C=O) groups excluding carboxylic acids is 12. The Labute approximate surface area is 566 Å². The molecular formula is C70H119N11O14. The van der Waals surface area contributed by atoms with Gasteiger partial charge in [-0.25, -0.2) is 4.79 Å². The van der Waals surface area contributed by atoms with Crippen molar-refractivity contribution in [2.45, 2.75) is 235 Å². The van der Waals surface area contributed by atoms with Crippen LogP contribution in [0, 0.1) is 41.4 Å². The van der Waals surface area contributed by atoms with Gasteiger partial charge in [0.25, 0.3) is 0 Å². The lowest BCUT2D eigenvalue weighted by atomic mass is 9.89. The number of ether oxygens (including phenoxy) is 1. The molecule has 538 valence electrons.